The van der Waals surface area contributed by atoms with Crippen molar-refractivity contribution in [3.05, 3.63) is 35.9 Å². The van der Waals surface area contributed by atoms with Crippen molar-refractivity contribution in [1.29, 1.82) is 0 Å². The number of aliphatic carboxylic acids is 1. The lowest BCUT2D eigenvalue weighted by Gasteiger charge is -2.33. The third kappa shape index (κ3) is 6.31. The maximum Gasteiger partial charge on any atom is 0.400 e. The first-order valence-corrected chi connectivity index (χ1v) is 8.20. The van der Waals surface area contributed by atoms with Gasteiger partial charge in [0.25, 0.3) is 0 Å². The van der Waals surface area contributed by atoms with Crippen LogP contribution in [-0.2, 0) is 4.79 Å². The molecule has 1 saturated carbocycles. The van der Waals surface area contributed by atoms with E-state index in [0.717, 1.165) is 6.08 Å². The summed E-state index contributed by atoms with van der Waals surface area (Å²) in [5, 5.41) is 8.53. The molecule has 1 aliphatic carbocycles. The van der Waals surface area contributed by atoms with Crippen molar-refractivity contribution in [2.45, 2.75) is 44.4 Å². The number of rotatable bonds is 6. The van der Waals surface area contributed by atoms with Crippen molar-refractivity contribution < 1.29 is 36.6 Å². The summed E-state index contributed by atoms with van der Waals surface area (Å²) in [6.45, 7) is 0. The van der Waals surface area contributed by atoms with E-state index >= 15 is 0 Å². The van der Waals surface area contributed by atoms with E-state index in [-0.39, 0.29) is 31.4 Å². The summed E-state index contributed by atoms with van der Waals surface area (Å²) in [4.78, 5) is 10.4. The molecule has 0 aliphatic heterocycles. The highest BCUT2D eigenvalue weighted by atomic mass is 19.4. The Morgan fingerprint density at radius 2 is 1.65 bits per heavy atom. The number of carboxylic acid groups (broad SMARTS) is 1. The average molecular weight is 378 g/mol. The highest BCUT2D eigenvalue weighted by Crippen LogP contribution is 2.42. The largest absolute Gasteiger partial charge is 0.478 e. The molecular formula is C18H19F5O3. The Morgan fingerprint density at radius 1 is 1.08 bits per heavy atom. The van der Waals surface area contributed by atoms with Gasteiger partial charge in [-0.3, -0.25) is 0 Å². The van der Waals surface area contributed by atoms with E-state index in [1.807, 2.05) is 0 Å². The normalized spacial score (nSPS) is 21.7. The van der Waals surface area contributed by atoms with E-state index in [1.165, 1.54) is 30.3 Å². The van der Waals surface area contributed by atoms with Gasteiger partial charge in [0, 0.05) is 12.5 Å². The molecular weight excluding hydrogens is 359 g/mol. The molecule has 1 aromatic rings. The highest BCUT2D eigenvalue weighted by molar-refractivity contribution is 5.85. The third-order valence-corrected chi connectivity index (χ3v) is 4.39. The lowest BCUT2D eigenvalue weighted by molar-refractivity contribution is -0.225. The van der Waals surface area contributed by atoms with Crippen molar-refractivity contribution in [1.82, 2.24) is 0 Å². The molecule has 0 atom stereocenters. The van der Waals surface area contributed by atoms with Gasteiger partial charge >= 0.3 is 18.3 Å². The lowest BCUT2D eigenvalue weighted by Crippen LogP contribution is -2.37. The summed E-state index contributed by atoms with van der Waals surface area (Å²) in [6, 6.07) is 5.46. The molecule has 26 heavy (non-hydrogen) atoms. The second-order valence-corrected chi connectivity index (χ2v) is 6.44. The van der Waals surface area contributed by atoms with Crippen LogP contribution in [0.2, 0.25) is 0 Å². The Morgan fingerprint density at radius 3 is 2.15 bits per heavy atom. The summed E-state index contributed by atoms with van der Waals surface area (Å²) in [7, 11) is 0. The molecule has 0 amide bonds. The molecule has 1 aromatic carbocycles. The van der Waals surface area contributed by atoms with Crippen LogP contribution in [0.25, 0.3) is 6.08 Å². The Balaban J connectivity index is 1.91. The first-order chi connectivity index (χ1) is 12.0. The van der Waals surface area contributed by atoms with Crippen molar-refractivity contribution in [3.63, 3.8) is 0 Å². The van der Waals surface area contributed by atoms with Gasteiger partial charge in [0.15, 0.2) is 0 Å². The van der Waals surface area contributed by atoms with Gasteiger partial charge in [-0.15, -0.1) is 0 Å². The maximum absolute atomic E-state index is 14.3. The quantitative estimate of drug-likeness (QED) is 0.524. The van der Waals surface area contributed by atoms with Crippen LogP contribution < -0.4 is 4.74 Å². The molecule has 0 radical (unpaired) electrons. The van der Waals surface area contributed by atoms with Gasteiger partial charge in [-0.2, -0.15) is 22.0 Å². The zero-order valence-corrected chi connectivity index (χ0v) is 13.8. The third-order valence-electron chi connectivity index (χ3n) is 4.39. The molecule has 1 N–H and O–H groups in total. The summed E-state index contributed by atoms with van der Waals surface area (Å²) in [6.07, 6.45) is -6.28. The van der Waals surface area contributed by atoms with Gasteiger partial charge in [0.05, 0.1) is 5.92 Å². The first-order valence-electron chi connectivity index (χ1n) is 8.20. The number of alkyl halides is 5. The fraction of sp³-hybridized carbons (Fsp3) is 0.500. The molecule has 8 heteroatoms. The summed E-state index contributed by atoms with van der Waals surface area (Å²) in [5.74, 6) is -2.95. The molecule has 0 heterocycles. The predicted octanol–water partition coefficient (Wildman–Crippen LogP) is 5.51. The van der Waals surface area contributed by atoms with Gasteiger partial charge in [-0.1, -0.05) is 12.1 Å². The first kappa shape index (κ1) is 20.2. The molecule has 3 nitrogen and oxygen atoms in total. The van der Waals surface area contributed by atoms with E-state index < -0.39 is 36.5 Å². The molecule has 0 saturated heterocycles. The zero-order chi connectivity index (χ0) is 19.4. The fourth-order valence-electron chi connectivity index (χ4n) is 3.08. The van der Waals surface area contributed by atoms with Gasteiger partial charge < -0.3 is 9.84 Å². The molecule has 1 aliphatic rings. The van der Waals surface area contributed by atoms with Gasteiger partial charge in [-0.25, -0.2) is 4.79 Å². The van der Waals surface area contributed by atoms with Crippen molar-refractivity contribution in [3.8, 4) is 5.75 Å². The topological polar surface area (TPSA) is 46.5 Å². The summed E-state index contributed by atoms with van der Waals surface area (Å²) in [5.41, 5.74) is 0.510. The predicted molar refractivity (Wildman–Crippen MR) is 84.8 cm³/mol. The minimum Gasteiger partial charge on any atom is -0.478 e. The van der Waals surface area contributed by atoms with E-state index in [0.29, 0.717) is 5.56 Å². The van der Waals surface area contributed by atoms with E-state index in [4.69, 9.17) is 9.84 Å². The van der Waals surface area contributed by atoms with Crippen molar-refractivity contribution in [2.24, 2.45) is 11.8 Å². The summed E-state index contributed by atoms with van der Waals surface area (Å²) < 4.78 is 70.5. The Kier molecular flexibility index (Phi) is 6.26. The van der Waals surface area contributed by atoms with Gasteiger partial charge in [0.2, 0.25) is 0 Å². The second kappa shape index (κ2) is 8.05. The van der Waals surface area contributed by atoms with Crippen LogP contribution in [0.15, 0.2) is 30.3 Å². The fourth-order valence-corrected chi connectivity index (χ4v) is 3.08. The smallest absolute Gasteiger partial charge is 0.400 e. The Bertz CT molecular complexity index is 629. The molecule has 0 aromatic heterocycles. The SMILES string of the molecule is O=C(O)C=Cc1ccc(OC(F)(F)C2CCC(CC(F)(F)F)CC2)cc1. The van der Waals surface area contributed by atoms with Gasteiger partial charge in [0.1, 0.15) is 5.75 Å². The minimum atomic E-state index is -4.27. The second-order valence-electron chi connectivity index (χ2n) is 6.44. The molecule has 0 unspecified atom stereocenters. The molecule has 0 bridgehead atoms. The monoisotopic (exact) mass is 378 g/mol. The van der Waals surface area contributed by atoms with E-state index in [9.17, 15) is 26.7 Å². The van der Waals surface area contributed by atoms with Crippen molar-refractivity contribution in [2.75, 3.05) is 0 Å². The van der Waals surface area contributed by atoms with Crippen LogP contribution in [0.3, 0.4) is 0 Å². The number of hydrogen-bond donors (Lipinski definition) is 1. The molecule has 2 rings (SSSR count). The van der Waals surface area contributed by atoms with Gasteiger partial charge in [-0.05, 0) is 55.4 Å². The van der Waals surface area contributed by atoms with Crippen molar-refractivity contribution >= 4 is 12.0 Å². The van der Waals surface area contributed by atoms with Crippen LogP contribution >= 0.6 is 0 Å². The zero-order valence-electron chi connectivity index (χ0n) is 13.8. The number of benzene rings is 1. The average Bonchev–Trinajstić information content (AvgIpc) is 2.53. The van der Waals surface area contributed by atoms with Crippen LogP contribution in [-0.4, -0.2) is 23.4 Å². The Hall–Kier alpha value is -2.12. The maximum atomic E-state index is 14.3. The number of carbonyl (C=O) groups is 1. The number of ether oxygens (including phenoxy) is 1. The van der Waals surface area contributed by atoms with Crippen LogP contribution in [0, 0.1) is 11.8 Å². The standard InChI is InChI=1S/C18H19F5O3/c19-17(20,21)11-13-1-6-14(7-2-13)18(22,23)26-15-8-3-12(4-9-15)5-10-16(24)25/h3-5,8-10,13-14H,1-2,6-7,11H2,(H,24,25). The minimum absolute atomic E-state index is 0.0207. The molecule has 144 valence electrons. The number of hydrogen-bond acceptors (Lipinski definition) is 2. The molecule has 1 fully saturated rings. The van der Waals surface area contributed by atoms with E-state index in [2.05, 4.69) is 0 Å². The lowest BCUT2D eigenvalue weighted by atomic mass is 9.80. The van der Waals surface area contributed by atoms with Crippen LogP contribution in [0.5, 0.6) is 5.75 Å². The number of carboxylic acids is 1. The number of halogens is 5. The van der Waals surface area contributed by atoms with Crippen LogP contribution in [0.4, 0.5) is 22.0 Å². The van der Waals surface area contributed by atoms with E-state index in [1.54, 1.807) is 0 Å². The van der Waals surface area contributed by atoms with Crippen LogP contribution in [0.1, 0.15) is 37.7 Å². The Labute approximate surface area is 147 Å². The summed E-state index contributed by atoms with van der Waals surface area (Å²) >= 11 is 0. The molecule has 0 spiro atoms. The highest BCUT2D eigenvalue weighted by Gasteiger charge is 2.45.